The van der Waals surface area contributed by atoms with Crippen LogP contribution in [0.4, 0.5) is 27.5 Å². The number of benzene rings is 2. The van der Waals surface area contributed by atoms with Gasteiger partial charge in [0.05, 0.1) is 24.3 Å². The molecule has 4 rings (SSSR count). The first kappa shape index (κ1) is 20.1. The molecule has 2 heterocycles. The smallest absolute Gasteiger partial charge is 0.258 e. The minimum absolute atomic E-state index is 0.00946. The highest BCUT2D eigenvalue weighted by Crippen LogP contribution is 2.31. The third-order valence-electron chi connectivity index (χ3n) is 4.74. The van der Waals surface area contributed by atoms with E-state index in [0.29, 0.717) is 17.1 Å². The number of aromatic amines is 1. The van der Waals surface area contributed by atoms with Crippen molar-refractivity contribution in [3.05, 3.63) is 70.3 Å². The van der Waals surface area contributed by atoms with Gasteiger partial charge in [-0.3, -0.25) is 19.4 Å². The normalized spacial score (nSPS) is 14.9. The Kier molecular flexibility index (Phi) is 5.35. The Bertz CT molecular complexity index is 1210. The quantitative estimate of drug-likeness (QED) is 0.500. The summed E-state index contributed by atoms with van der Waals surface area (Å²) < 4.78 is 18.3. The second-order valence-electron chi connectivity index (χ2n) is 6.80. The van der Waals surface area contributed by atoms with Gasteiger partial charge in [-0.15, -0.1) is 0 Å². The van der Waals surface area contributed by atoms with Gasteiger partial charge in [0.15, 0.2) is 0 Å². The van der Waals surface area contributed by atoms with Crippen molar-refractivity contribution < 1.29 is 18.7 Å². The number of aromatic nitrogens is 2. The summed E-state index contributed by atoms with van der Waals surface area (Å²) in [5, 5.41) is 8.07. The number of carbonyl (C=O) groups is 2. The van der Waals surface area contributed by atoms with E-state index in [9.17, 15) is 18.8 Å². The van der Waals surface area contributed by atoms with Gasteiger partial charge in [0, 0.05) is 12.1 Å². The van der Waals surface area contributed by atoms with Crippen LogP contribution in [0.25, 0.3) is 0 Å². The summed E-state index contributed by atoms with van der Waals surface area (Å²) in [6.07, 6.45) is -0.205. The number of amides is 2. The first-order chi connectivity index (χ1) is 14.9. The van der Waals surface area contributed by atoms with E-state index in [2.05, 4.69) is 25.9 Å². The van der Waals surface area contributed by atoms with Gasteiger partial charge in [0.1, 0.15) is 17.4 Å². The largest absolute Gasteiger partial charge is 0.495 e. The van der Waals surface area contributed by atoms with Crippen molar-refractivity contribution in [2.45, 2.75) is 12.3 Å². The highest BCUT2D eigenvalue weighted by molar-refractivity contribution is 6.05. The molecule has 0 saturated carbocycles. The standard InChI is InChI=1S/C21H18FN5O4/c1-31-15-5-3-2-4-14(15)24-19(29)13-10-16(28)25-18-17(13)20(30)27-21(26-18)23-12-8-6-11(22)7-9-12/h2-9,13H,10H2,1H3,(H,24,29)(H3,23,25,26,27,28,30). The molecule has 0 bridgehead atoms. The monoisotopic (exact) mass is 423 g/mol. The highest BCUT2D eigenvalue weighted by atomic mass is 19.1. The second-order valence-corrected chi connectivity index (χ2v) is 6.80. The number of hydrogen-bond donors (Lipinski definition) is 4. The number of nitrogens with one attached hydrogen (secondary N) is 4. The van der Waals surface area contributed by atoms with Gasteiger partial charge in [-0.2, -0.15) is 4.98 Å². The summed E-state index contributed by atoms with van der Waals surface area (Å²) in [5.74, 6) is -1.95. The Morgan fingerprint density at radius 1 is 1.16 bits per heavy atom. The fourth-order valence-electron chi connectivity index (χ4n) is 3.29. The number of halogens is 1. The van der Waals surface area contributed by atoms with Crippen LogP contribution < -0.4 is 26.2 Å². The third-order valence-corrected chi connectivity index (χ3v) is 4.74. The van der Waals surface area contributed by atoms with Crippen LogP contribution in [0, 0.1) is 5.82 Å². The van der Waals surface area contributed by atoms with Gasteiger partial charge >= 0.3 is 0 Å². The van der Waals surface area contributed by atoms with Crippen molar-refractivity contribution >= 4 is 35.0 Å². The Labute approximate surface area is 175 Å². The Morgan fingerprint density at radius 2 is 1.90 bits per heavy atom. The molecule has 1 aliphatic heterocycles. The van der Waals surface area contributed by atoms with Crippen LogP contribution in [0.5, 0.6) is 5.75 Å². The average molecular weight is 423 g/mol. The van der Waals surface area contributed by atoms with Crippen molar-refractivity contribution in [1.82, 2.24) is 9.97 Å². The van der Waals surface area contributed by atoms with Crippen molar-refractivity contribution in [3.8, 4) is 5.75 Å². The molecular formula is C21H18FN5O4. The number of rotatable bonds is 5. The summed E-state index contributed by atoms with van der Waals surface area (Å²) in [4.78, 5) is 44.7. The zero-order chi connectivity index (χ0) is 22.0. The van der Waals surface area contributed by atoms with Gasteiger partial charge in [-0.1, -0.05) is 12.1 Å². The van der Waals surface area contributed by atoms with Gasteiger partial charge in [-0.05, 0) is 36.4 Å². The number of anilines is 4. The molecule has 0 aliphatic carbocycles. The number of ether oxygens (including phenoxy) is 1. The molecule has 1 aromatic heterocycles. The zero-order valence-corrected chi connectivity index (χ0v) is 16.4. The van der Waals surface area contributed by atoms with E-state index in [1.165, 1.54) is 31.4 Å². The maximum atomic E-state index is 13.1. The Hall–Kier alpha value is -4.21. The highest BCUT2D eigenvalue weighted by Gasteiger charge is 2.35. The number of hydrogen-bond acceptors (Lipinski definition) is 6. The van der Waals surface area contributed by atoms with E-state index >= 15 is 0 Å². The fourth-order valence-corrected chi connectivity index (χ4v) is 3.29. The minimum Gasteiger partial charge on any atom is -0.495 e. The van der Waals surface area contributed by atoms with E-state index in [4.69, 9.17) is 4.74 Å². The summed E-state index contributed by atoms with van der Waals surface area (Å²) in [5.41, 5.74) is 0.380. The number of nitrogens with zero attached hydrogens (tertiary/aromatic N) is 1. The van der Waals surface area contributed by atoms with E-state index in [0.717, 1.165) is 0 Å². The predicted molar refractivity (Wildman–Crippen MR) is 112 cm³/mol. The lowest BCUT2D eigenvalue weighted by Gasteiger charge is -2.24. The molecule has 2 aromatic carbocycles. The van der Waals surface area contributed by atoms with Crippen molar-refractivity contribution in [1.29, 1.82) is 0 Å². The summed E-state index contributed by atoms with van der Waals surface area (Å²) in [6, 6.07) is 12.2. The van der Waals surface area contributed by atoms with Gasteiger partial charge in [0.2, 0.25) is 17.8 Å². The maximum absolute atomic E-state index is 13.1. The lowest BCUT2D eigenvalue weighted by atomic mass is 9.92. The molecule has 1 atom stereocenters. The average Bonchev–Trinajstić information content (AvgIpc) is 2.75. The molecular weight excluding hydrogens is 405 g/mol. The molecule has 1 aliphatic rings. The molecule has 158 valence electrons. The molecule has 2 amide bonds. The molecule has 0 spiro atoms. The van der Waals surface area contributed by atoms with E-state index in [-0.39, 0.29) is 23.8 Å². The number of para-hydroxylation sites is 2. The van der Waals surface area contributed by atoms with Crippen LogP contribution in [0.1, 0.15) is 17.9 Å². The van der Waals surface area contributed by atoms with E-state index < -0.39 is 29.1 Å². The van der Waals surface area contributed by atoms with Crippen LogP contribution in [0.15, 0.2) is 53.3 Å². The van der Waals surface area contributed by atoms with Crippen molar-refractivity contribution in [2.75, 3.05) is 23.1 Å². The molecule has 0 saturated heterocycles. The van der Waals surface area contributed by atoms with Crippen molar-refractivity contribution in [3.63, 3.8) is 0 Å². The number of carbonyl (C=O) groups excluding carboxylic acids is 2. The number of fused-ring (bicyclic) bond motifs is 1. The summed E-state index contributed by atoms with van der Waals surface area (Å²) in [6.45, 7) is 0. The molecule has 10 heteroatoms. The van der Waals surface area contributed by atoms with E-state index in [1.807, 2.05) is 0 Å². The Balaban J connectivity index is 1.64. The van der Waals surface area contributed by atoms with Gasteiger partial charge in [-0.25, -0.2) is 4.39 Å². The van der Waals surface area contributed by atoms with Crippen LogP contribution in [-0.2, 0) is 9.59 Å². The first-order valence-electron chi connectivity index (χ1n) is 9.35. The first-order valence-corrected chi connectivity index (χ1v) is 9.35. The lowest BCUT2D eigenvalue weighted by molar-refractivity contribution is -0.123. The van der Waals surface area contributed by atoms with Crippen molar-refractivity contribution in [2.24, 2.45) is 0 Å². The topological polar surface area (TPSA) is 125 Å². The van der Waals surface area contributed by atoms with E-state index in [1.54, 1.807) is 24.3 Å². The van der Waals surface area contributed by atoms with Crippen LogP contribution >= 0.6 is 0 Å². The number of methoxy groups -OCH3 is 1. The summed E-state index contributed by atoms with van der Waals surface area (Å²) >= 11 is 0. The molecule has 0 fully saturated rings. The Morgan fingerprint density at radius 3 is 2.65 bits per heavy atom. The zero-order valence-electron chi connectivity index (χ0n) is 16.4. The second kappa shape index (κ2) is 8.27. The number of H-pyrrole nitrogens is 1. The van der Waals surface area contributed by atoms with Crippen LogP contribution in [0.3, 0.4) is 0 Å². The minimum atomic E-state index is -1.04. The SMILES string of the molecule is COc1ccccc1NC(=O)C1CC(=O)Nc2nc(Nc3ccc(F)cc3)[nH]c(=O)c21. The molecule has 0 radical (unpaired) electrons. The molecule has 9 nitrogen and oxygen atoms in total. The van der Waals surface area contributed by atoms with Gasteiger partial charge < -0.3 is 20.7 Å². The van der Waals surface area contributed by atoms with Gasteiger partial charge in [0.25, 0.3) is 5.56 Å². The molecule has 31 heavy (non-hydrogen) atoms. The maximum Gasteiger partial charge on any atom is 0.258 e. The predicted octanol–water partition coefficient (Wildman–Crippen LogP) is 2.73. The lowest BCUT2D eigenvalue weighted by Crippen LogP contribution is -2.36. The fraction of sp³-hybridized carbons (Fsp3) is 0.143. The third kappa shape index (κ3) is 4.22. The molecule has 4 N–H and O–H groups in total. The molecule has 1 unspecified atom stereocenters. The molecule has 3 aromatic rings. The van der Waals surface area contributed by atoms with Crippen LogP contribution in [-0.4, -0.2) is 28.9 Å². The van der Waals surface area contributed by atoms with Crippen LogP contribution in [0.2, 0.25) is 0 Å². The summed E-state index contributed by atoms with van der Waals surface area (Å²) in [7, 11) is 1.47.